The fourth-order valence-electron chi connectivity index (χ4n) is 4.38. The Hall–Kier alpha value is -3.02. The number of dihydropyridines is 1. The number of esters is 1. The van der Waals surface area contributed by atoms with Crippen molar-refractivity contribution in [3.8, 4) is 6.07 Å². The lowest BCUT2D eigenvalue weighted by molar-refractivity contribution is -0.138. The Morgan fingerprint density at radius 2 is 1.97 bits per heavy atom. The van der Waals surface area contributed by atoms with E-state index in [-0.39, 0.29) is 24.3 Å². The highest BCUT2D eigenvalue weighted by atomic mass is 32.2. The quantitative estimate of drug-likeness (QED) is 0.507. The van der Waals surface area contributed by atoms with E-state index in [0.717, 1.165) is 36.1 Å². The number of carbonyl (C=O) groups excluding carboxylic acids is 2. The molecule has 1 saturated carbocycles. The summed E-state index contributed by atoms with van der Waals surface area (Å²) in [6.07, 6.45) is 4.33. The van der Waals surface area contributed by atoms with E-state index in [4.69, 9.17) is 4.74 Å². The number of hydrogen-bond acceptors (Lipinski definition) is 7. The van der Waals surface area contributed by atoms with Gasteiger partial charge in [0.15, 0.2) is 0 Å². The first kappa shape index (κ1) is 24.1. The highest BCUT2D eigenvalue weighted by Crippen LogP contribution is 2.44. The molecule has 1 aromatic heterocycles. The molecule has 176 valence electrons. The van der Waals surface area contributed by atoms with Crippen LogP contribution in [0, 0.1) is 11.3 Å². The van der Waals surface area contributed by atoms with E-state index in [1.165, 1.54) is 23.1 Å². The van der Waals surface area contributed by atoms with Gasteiger partial charge in [0.05, 0.1) is 46.2 Å². The maximum Gasteiger partial charge on any atom is 0.337 e. The number of carbonyl (C=O) groups is 2. The minimum absolute atomic E-state index is 0.0439. The van der Waals surface area contributed by atoms with Crippen molar-refractivity contribution in [2.45, 2.75) is 44.6 Å². The molecule has 0 radical (unpaired) electrons. The Balaban J connectivity index is 1.71. The summed E-state index contributed by atoms with van der Waals surface area (Å²) in [5.41, 5.74) is 2.25. The summed E-state index contributed by atoms with van der Waals surface area (Å²) >= 11 is 2.79. The maximum absolute atomic E-state index is 13.2. The van der Waals surface area contributed by atoms with E-state index in [1.807, 2.05) is 47.8 Å². The first-order valence-electron chi connectivity index (χ1n) is 11.5. The Kier molecular flexibility index (Phi) is 8.09. The second-order valence-electron chi connectivity index (χ2n) is 8.14. The molecule has 1 aromatic carbocycles. The van der Waals surface area contributed by atoms with Crippen LogP contribution in [-0.4, -0.2) is 30.3 Å². The van der Waals surface area contributed by atoms with E-state index in [0.29, 0.717) is 21.9 Å². The third kappa shape index (κ3) is 5.37. The number of rotatable bonds is 8. The molecule has 0 unspecified atom stereocenters. The summed E-state index contributed by atoms with van der Waals surface area (Å²) in [7, 11) is 0. The van der Waals surface area contributed by atoms with Crippen LogP contribution in [0.25, 0.3) is 5.70 Å². The van der Waals surface area contributed by atoms with Gasteiger partial charge in [-0.2, -0.15) is 5.26 Å². The van der Waals surface area contributed by atoms with E-state index in [2.05, 4.69) is 16.7 Å². The van der Waals surface area contributed by atoms with Crippen molar-refractivity contribution in [1.29, 1.82) is 5.26 Å². The predicted molar refractivity (Wildman–Crippen MR) is 136 cm³/mol. The number of amides is 1. The minimum Gasteiger partial charge on any atom is -0.463 e. The molecule has 2 N–H and O–H groups in total. The lowest BCUT2D eigenvalue weighted by atomic mass is 9.85. The second-order valence-corrected chi connectivity index (χ2v) is 10.1. The molecular formula is C26H27N3O3S2. The molecule has 0 saturated heterocycles. The molecule has 6 nitrogen and oxygen atoms in total. The molecule has 1 aliphatic carbocycles. The lowest BCUT2D eigenvalue weighted by Crippen LogP contribution is -2.34. The summed E-state index contributed by atoms with van der Waals surface area (Å²) in [4.78, 5) is 26.7. The van der Waals surface area contributed by atoms with Crippen LogP contribution in [0.2, 0.25) is 0 Å². The highest BCUT2D eigenvalue weighted by Gasteiger charge is 2.38. The third-order valence-electron chi connectivity index (χ3n) is 5.90. The van der Waals surface area contributed by atoms with Gasteiger partial charge in [0.2, 0.25) is 5.91 Å². The van der Waals surface area contributed by atoms with Gasteiger partial charge in [-0.25, -0.2) is 4.79 Å². The summed E-state index contributed by atoms with van der Waals surface area (Å²) in [6.45, 7) is 2.00. The van der Waals surface area contributed by atoms with Crippen molar-refractivity contribution < 1.29 is 14.3 Å². The standard InChI is InChI=1S/C26H27N3O3S2/c1-2-32-26(31)23-22(20-13-8-14-33-20)19(15-27)25(29-24(23)17-9-4-3-5-10-17)34-16-21(30)28-18-11-6-7-12-18/h3-5,8-10,13-14,18,22,29H,2,6-7,11-12,16H2,1H3,(H,28,30)/t22-/m0/s1. The Morgan fingerprint density at radius 1 is 1.21 bits per heavy atom. The van der Waals surface area contributed by atoms with Crippen molar-refractivity contribution >= 4 is 40.7 Å². The van der Waals surface area contributed by atoms with Gasteiger partial charge in [0.25, 0.3) is 0 Å². The average molecular weight is 494 g/mol. The van der Waals surface area contributed by atoms with Crippen molar-refractivity contribution in [2.24, 2.45) is 0 Å². The number of nitrogens with one attached hydrogen (secondary N) is 2. The van der Waals surface area contributed by atoms with Crippen molar-refractivity contribution in [3.05, 3.63) is 74.5 Å². The molecule has 2 heterocycles. The minimum atomic E-state index is -0.569. The summed E-state index contributed by atoms with van der Waals surface area (Å²) < 4.78 is 5.43. The average Bonchev–Trinajstić information content (AvgIpc) is 3.57. The first-order valence-corrected chi connectivity index (χ1v) is 13.3. The third-order valence-corrected chi connectivity index (χ3v) is 7.86. The molecule has 34 heavy (non-hydrogen) atoms. The maximum atomic E-state index is 13.2. The zero-order valence-corrected chi connectivity index (χ0v) is 20.6. The van der Waals surface area contributed by atoms with Gasteiger partial charge < -0.3 is 15.4 Å². The van der Waals surface area contributed by atoms with Crippen LogP contribution in [0.3, 0.4) is 0 Å². The summed E-state index contributed by atoms with van der Waals surface area (Å²) in [6, 6.07) is 15.9. The molecule has 1 fully saturated rings. The normalized spacial score (nSPS) is 18.4. The fraction of sp³-hybridized carbons (Fsp3) is 0.346. The predicted octanol–water partition coefficient (Wildman–Crippen LogP) is 4.94. The highest BCUT2D eigenvalue weighted by molar-refractivity contribution is 8.03. The molecule has 2 aromatic rings. The van der Waals surface area contributed by atoms with E-state index in [9.17, 15) is 14.9 Å². The van der Waals surface area contributed by atoms with Gasteiger partial charge >= 0.3 is 5.97 Å². The fourth-order valence-corrected chi connectivity index (χ4v) is 6.07. The Labute approximate surface area is 208 Å². The van der Waals surface area contributed by atoms with Crippen LogP contribution >= 0.6 is 23.1 Å². The largest absolute Gasteiger partial charge is 0.463 e. The van der Waals surface area contributed by atoms with Crippen LogP contribution in [0.4, 0.5) is 0 Å². The summed E-state index contributed by atoms with van der Waals surface area (Å²) in [5, 5.41) is 19.1. The van der Waals surface area contributed by atoms with Gasteiger partial charge in [-0.1, -0.05) is 61.0 Å². The molecule has 1 atom stereocenters. The molecule has 0 spiro atoms. The van der Waals surface area contributed by atoms with Gasteiger partial charge in [0, 0.05) is 10.9 Å². The molecule has 1 aliphatic heterocycles. The number of nitriles is 1. The van der Waals surface area contributed by atoms with Crippen LogP contribution in [0.5, 0.6) is 0 Å². The SMILES string of the molecule is CCOC(=O)C1=C(c2ccccc2)NC(SCC(=O)NC2CCCC2)=C(C#N)[C@H]1c1cccs1. The number of nitrogens with zero attached hydrogens (tertiary/aromatic N) is 1. The zero-order valence-electron chi connectivity index (χ0n) is 19.0. The van der Waals surface area contributed by atoms with Crippen LogP contribution in [0.1, 0.15) is 49.0 Å². The van der Waals surface area contributed by atoms with E-state index < -0.39 is 11.9 Å². The van der Waals surface area contributed by atoms with Crippen molar-refractivity contribution in [3.63, 3.8) is 0 Å². The Morgan fingerprint density at radius 3 is 2.62 bits per heavy atom. The first-order chi connectivity index (χ1) is 16.6. The van der Waals surface area contributed by atoms with E-state index >= 15 is 0 Å². The zero-order chi connectivity index (χ0) is 23.9. The van der Waals surface area contributed by atoms with Gasteiger partial charge in [-0.05, 0) is 36.8 Å². The molecule has 0 bridgehead atoms. The number of thioether (sulfide) groups is 1. The molecule has 1 amide bonds. The van der Waals surface area contributed by atoms with Crippen molar-refractivity contribution in [1.82, 2.24) is 10.6 Å². The molecule has 4 rings (SSSR count). The smallest absolute Gasteiger partial charge is 0.337 e. The Bertz CT molecular complexity index is 1130. The molecule has 8 heteroatoms. The second kappa shape index (κ2) is 11.4. The molecule has 2 aliphatic rings. The monoisotopic (exact) mass is 493 g/mol. The van der Waals surface area contributed by atoms with Crippen LogP contribution < -0.4 is 10.6 Å². The number of ether oxygens (including phenoxy) is 1. The lowest BCUT2D eigenvalue weighted by Gasteiger charge is -2.30. The van der Waals surface area contributed by atoms with Gasteiger partial charge in [0.1, 0.15) is 0 Å². The number of hydrogen-bond donors (Lipinski definition) is 2. The van der Waals surface area contributed by atoms with Crippen molar-refractivity contribution in [2.75, 3.05) is 12.4 Å². The number of benzene rings is 1. The van der Waals surface area contributed by atoms with E-state index in [1.54, 1.807) is 6.92 Å². The van der Waals surface area contributed by atoms with Crippen LogP contribution in [-0.2, 0) is 14.3 Å². The van der Waals surface area contributed by atoms with Crippen LogP contribution in [0.15, 0.2) is 64.0 Å². The molecular weight excluding hydrogens is 466 g/mol. The van der Waals surface area contributed by atoms with Gasteiger partial charge in [-0.3, -0.25) is 4.79 Å². The number of allylic oxidation sites excluding steroid dienone is 1. The van der Waals surface area contributed by atoms with Gasteiger partial charge in [-0.15, -0.1) is 11.3 Å². The summed E-state index contributed by atoms with van der Waals surface area (Å²) in [5.74, 6) is -0.876. The topological polar surface area (TPSA) is 91.2 Å². The number of thiophene rings is 1.